The van der Waals surface area contributed by atoms with Gasteiger partial charge in [0.25, 0.3) is 0 Å². The normalized spacial score (nSPS) is 15.2. The number of aromatic nitrogens is 1. The molecule has 232 valence electrons. The number of carbonyl (C=O) groups excluding carboxylic acids is 2. The molecule has 0 saturated carbocycles. The van der Waals surface area contributed by atoms with Crippen molar-refractivity contribution in [2.24, 2.45) is 0 Å². The van der Waals surface area contributed by atoms with Crippen LogP contribution in [0, 0.1) is 0 Å². The molecule has 1 saturated heterocycles. The lowest BCUT2D eigenvalue weighted by molar-refractivity contribution is -0.118. The fourth-order valence-corrected chi connectivity index (χ4v) is 6.45. The number of furan rings is 1. The summed E-state index contributed by atoms with van der Waals surface area (Å²) in [7, 11) is 4.02. The number of carbonyl (C=O) groups is 2. The van der Waals surface area contributed by atoms with Crippen LogP contribution in [0.25, 0.3) is 22.2 Å². The quantitative estimate of drug-likeness (QED) is 0.166. The summed E-state index contributed by atoms with van der Waals surface area (Å²) in [5.41, 5.74) is 5.75. The van der Waals surface area contributed by atoms with E-state index in [4.69, 9.17) is 4.42 Å². The van der Waals surface area contributed by atoms with E-state index in [0.29, 0.717) is 37.0 Å². The maximum absolute atomic E-state index is 14.3. The zero-order valence-corrected chi connectivity index (χ0v) is 26.1. The molecule has 1 aliphatic heterocycles. The van der Waals surface area contributed by atoms with Gasteiger partial charge in [-0.05, 0) is 79.9 Å². The first-order valence-electron chi connectivity index (χ1n) is 15.7. The average Bonchev–Trinajstić information content (AvgIpc) is 3.74. The number of aromatic amines is 1. The Morgan fingerprint density at radius 1 is 0.978 bits per heavy atom. The largest absolute Gasteiger partial charge is 0.464 e. The van der Waals surface area contributed by atoms with Gasteiger partial charge < -0.3 is 29.8 Å². The number of likely N-dealkylation sites (tertiary alicyclic amines) is 1. The van der Waals surface area contributed by atoms with Crippen molar-refractivity contribution >= 4 is 28.5 Å². The lowest BCUT2D eigenvalue weighted by Gasteiger charge is -2.34. The summed E-state index contributed by atoms with van der Waals surface area (Å²) in [6.07, 6.45) is 5.34. The molecule has 3 heterocycles. The van der Waals surface area contributed by atoms with E-state index >= 15 is 0 Å². The Kier molecular flexibility index (Phi) is 9.03. The lowest BCUT2D eigenvalue weighted by atomic mass is 9.89. The first-order chi connectivity index (χ1) is 21.9. The van der Waals surface area contributed by atoms with Crippen molar-refractivity contribution in [3.8, 4) is 11.3 Å². The number of hydrogen-bond acceptors (Lipinski definition) is 4. The van der Waals surface area contributed by atoms with Gasteiger partial charge in [0.2, 0.25) is 5.91 Å². The van der Waals surface area contributed by atoms with Gasteiger partial charge in [-0.25, -0.2) is 4.79 Å². The molecule has 45 heavy (non-hydrogen) atoms. The van der Waals surface area contributed by atoms with E-state index in [1.54, 1.807) is 6.26 Å². The predicted octanol–water partition coefficient (Wildman–Crippen LogP) is 7.19. The molecule has 0 spiro atoms. The molecule has 3 N–H and O–H groups in total. The van der Waals surface area contributed by atoms with E-state index in [1.165, 1.54) is 5.56 Å². The molecule has 5 aromatic rings. The van der Waals surface area contributed by atoms with Crippen molar-refractivity contribution in [3.05, 3.63) is 114 Å². The van der Waals surface area contributed by atoms with Gasteiger partial charge in [0.05, 0.1) is 12.0 Å². The molecule has 3 amide bonds. The second kappa shape index (κ2) is 13.4. The zero-order chi connectivity index (χ0) is 31.3. The number of nitrogens with zero attached hydrogens (tertiary/aromatic N) is 2. The number of H-pyrrole nitrogens is 1. The van der Waals surface area contributed by atoms with Gasteiger partial charge in [0, 0.05) is 48.2 Å². The minimum Gasteiger partial charge on any atom is -0.464 e. The highest BCUT2D eigenvalue weighted by molar-refractivity contribution is 6.01. The third-order valence-electron chi connectivity index (χ3n) is 8.85. The maximum atomic E-state index is 14.3. The zero-order valence-electron chi connectivity index (χ0n) is 26.1. The van der Waals surface area contributed by atoms with Crippen LogP contribution >= 0.6 is 0 Å². The van der Waals surface area contributed by atoms with Gasteiger partial charge >= 0.3 is 6.03 Å². The van der Waals surface area contributed by atoms with Crippen molar-refractivity contribution in [1.82, 2.24) is 20.1 Å². The number of urea groups is 1. The molecule has 1 aliphatic rings. The summed E-state index contributed by atoms with van der Waals surface area (Å²) < 4.78 is 5.72. The Bertz CT molecular complexity index is 1740. The van der Waals surface area contributed by atoms with E-state index in [2.05, 4.69) is 44.8 Å². The highest BCUT2D eigenvalue weighted by Crippen LogP contribution is 2.33. The number of nitrogens with one attached hydrogen (secondary N) is 3. The molecular formula is C37H41N5O3. The topological polar surface area (TPSA) is 93.6 Å². The summed E-state index contributed by atoms with van der Waals surface area (Å²) in [6.45, 7) is 3.98. The van der Waals surface area contributed by atoms with Crippen molar-refractivity contribution in [2.45, 2.75) is 44.2 Å². The van der Waals surface area contributed by atoms with Gasteiger partial charge in [0.1, 0.15) is 11.8 Å². The fraction of sp³-hybridized carbons (Fsp3) is 0.297. The Balaban J connectivity index is 1.27. The number of anilines is 1. The Morgan fingerprint density at radius 2 is 1.73 bits per heavy atom. The molecule has 2 atom stereocenters. The highest BCUT2D eigenvalue weighted by Gasteiger charge is 2.33. The molecule has 0 radical (unpaired) electrons. The molecular weight excluding hydrogens is 562 g/mol. The molecule has 8 heteroatoms. The molecule has 0 aliphatic carbocycles. The smallest absolute Gasteiger partial charge is 0.318 e. The summed E-state index contributed by atoms with van der Waals surface area (Å²) in [6, 6.07) is 27.2. The third kappa shape index (κ3) is 6.81. The van der Waals surface area contributed by atoms with Crippen LogP contribution in [0.1, 0.15) is 48.3 Å². The van der Waals surface area contributed by atoms with Gasteiger partial charge in [-0.2, -0.15) is 0 Å². The lowest BCUT2D eigenvalue weighted by Crippen LogP contribution is -2.53. The number of benzene rings is 3. The van der Waals surface area contributed by atoms with Gasteiger partial charge in [-0.3, -0.25) is 4.79 Å². The van der Waals surface area contributed by atoms with E-state index in [9.17, 15) is 9.59 Å². The standard InChI is InChI=1S/C37H41N5O3/c1-25(31-23-38-32-13-8-7-12-29(31)32)35(40-37(44)42-19-17-28(18-20-42)27-10-5-4-6-11-27)36(43)39-33-22-26(24-41(2)3)15-16-30(33)34-14-9-21-45-34/h4-16,21-23,25,28,35,38H,17-20,24H2,1-3H3,(H,39,43)(H,40,44)/t25-,35+/m0/s1. The Labute approximate surface area is 264 Å². The molecule has 1 fully saturated rings. The number of fused-ring (bicyclic) bond motifs is 1. The summed E-state index contributed by atoms with van der Waals surface area (Å²) in [5, 5.41) is 7.36. The first kappa shape index (κ1) is 30.2. The molecule has 2 aromatic heterocycles. The molecule has 8 nitrogen and oxygen atoms in total. The number of rotatable bonds is 9. The first-order valence-corrected chi connectivity index (χ1v) is 15.7. The molecule has 0 bridgehead atoms. The second-order valence-corrected chi connectivity index (χ2v) is 12.3. The van der Waals surface area contributed by atoms with Gasteiger partial charge in [-0.1, -0.05) is 61.5 Å². The predicted molar refractivity (Wildman–Crippen MR) is 179 cm³/mol. The number of amides is 3. The van der Waals surface area contributed by atoms with Crippen LogP contribution in [0.5, 0.6) is 0 Å². The van der Waals surface area contributed by atoms with Crippen molar-refractivity contribution in [2.75, 3.05) is 32.5 Å². The van der Waals surface area contributed by atoms with Crippen molar-refractivity contribution < 1.29 is 14.0 Å². The Morgan fingerprint density at radius 3 is 2.47 bits per heavy atom. The summed E-state index contributed by atoms with van der Waals surface area (Å²) in [4.78, 5) is 35.3. The van der Waals surface area contributed by atoms with Gasteiger partial charge in [-0.15, -0.1) is 0 Å². The minimum atomic E-state index is -0.828. The summed E-state index contributed by atoms with van der Waals surface area (Å²) >= 11 is 0. The van der Waals surface area contributed by atoms with Crippen LogP contribution < -0.4 is 10.6 Å². The van der Waals surface area contributed by atoms with Crippen LogP contribution in [-0.2, 0) is 11.3 Å². The second-order valence-electron chi connectivity index (χ2n) is 12.3. The molecule has 6 rings (SSSR count). The van der Waals surface area contributed by atoms with Gasteiger partial charge in [0.15, 0.2) is 0 Å². The number of hydrogen-bond donors (Lipinski definition) is 3. The van der Waals surface area contributed by atoms with Crippen LogP contribution in [0.3, 0.4) is 0 Å². The molecule has 3 aromatic carbocycles. The van der Waals surface area contributed by atoms with E-state index in [1.807, 2.05) is 92.8 Å². The van der Waals surface area contributed by atoms with Crippen LogP contribution in [0.15, 0.2) is 102 Å². The van der Waals surface area contributed by atoms with E-state index in [-0.39, 0.29) is 17.9 Å². The summed E-state index contributed by atoms with van der Waals surface area (Å²) in [5.74, 6) is 0.487. The number of para-hydroxylation sites is 1. The number of piperidine rings is 1. The highest BCUT2D eigenvalue weighted by atomic mass is 16.3. The van der Waals surface area contributed by atoms with Crippen LogP contribution in [0.2, 0.25) is 0 Å². The van der Waals surface area contributed by atoms with E-state index in [0.717, 1.165) is 40.4 Å². The van der Waals surface area contributed by atoms with Crippen molar-refractivity contribution in [1.29, 1.82) is 0 Å². The van der Waals surface area contributed by atoms with Crippen LogP contribution in [-0.4, -0.2) is 59.9 Å². The van der Waals surface area contributed by atoms with E-state index < -0.39 is 6.04 Å². The van der Waals surface area contributed by atoms with Crippen LogP contribution in [0.4, 0.5) is 10.5 Å². The third-order valence-corrected chi connectivity index (χ3v) is 8.85. The van der Waals surface area contributed by atoms with Crippen molar-refractivity contribution in [3.63, 3.8) is 0 Å². The Hall–Kier alpha value is -4.82. The fourth-order valence-electron chi connectivity index (χ4n) is 6.45. The molecule has 0 unspecified atom stereocenters. The maximum Gasteiger partial charge on any atom is 0.318 e. The monoisotopic (exact) mass is 603 g/mol. The minimum absolute atomic E-state index is 0.221. The SMILES string of the molecule is C[C@@H](c1c[nH]c2ccccc12)[C@@H](NC(=O)N1CCC(c2ccccc2)CC1)C(=O)Nc1cc(CN(C)C)ccc1-c1ccco1. The average molecular weight is 604 g/mol.